The molecule has 0 saturated carbocycles. The zero-order chi connectivity index (χ0) is 26.0. The van der Waals surface area contributed by atoms with Crippen molar-refractivity contribution < 1.29 is 14.4 Å². The van der Waals surface area contributed by atoms with Crippen LogP contribution < -0.4 is 4.90 Å². The Labute approximate surface area is 218 Å². The molecule has 2 aliphatic heterocycles. The zero-order valence-corrected chi connectivity index (χ0v) is 21.5. The van der Waals surface area contributed by atoms with Gasteiger partial charge in [-0.2, -0.15) is 0 Å². The molecule has 3 aromatic rings. The van der Waals surface area contributed by atoms with Crippen molar-refractivity contribution in [1.82, 2.24) is 9.80 Å². The van der Waals surface area contributed by atoms with E-state index in [9.17, 15) is 14.4 Å². The van der Waals surface area contributed by atoms with E-state index in [4.69, 9.17) is 0 Å². The van der Waals surface area contributed by atoms with E-state index in [1.165, 1.54) is 4.90 Å². The summed E-state index contributed by atoms with van der Waals surface area (Å²) in [6, 6.07) is 27.4. The Morgan fingerprint density at radius 2 is 1.54 bits per heavy atom. The summed E-state index contributed by atoms with van der Waals surface area (Å²) in [6.45, 7) is 6.24. The van der Waals surface area contributed by atoms with Gasteiger partial charge in [0.1, 0.15) is 0 Å². The molecule has 3 aromatic carbocycles. The van der Waals surface area contributed by atoms with E-state index in [-0.39, 0.29) is 43.1 Å². The fourth-order valence-corrected chi connectivity index (χ4v) is 5.84. The highest BCUT2D eigenvalue weighted by Gasteiger charge is 2.54. The lowest BCUT2D eigenvalue weighted by Crippen LogP contribution is -2.55. The van der Waals surface area contributed by atoms with Crippen LogP contribution in [-0.2, 0) is 26.3 Å². The smallest absolute Gasteiger partial charge is 0.241 e. The molecule has 0 aliphatic carbocycles. The minimum Gasteiger partial charge on any atom is -0.368 e. The van der Waals surface area contributed by atoms with Crippen molar-refractivity contribution in [3.63, 3.8) is 0 Å². The molecule has 2 saturated heterocycles. The molecule has 2 atom stereocenters. The molecule has 2 aliphatic rings. The quantitative estimate of drug-likeness (QED) is 0.478. The Bertz CT molecular complexity index is 1290. The summed E-state index contributed by atoms with van der Waals surface area (Å²) in [6.07, 6.45) is -0.00296. The maximum absolute atomic E-state index is 14.1. The summed E-state index contributed by atoms with van der Waals surface area (Å²) < 4.78 is 0. The van der Waals surface area contributed by atoms with E-state index in [1.54, 1.807) is 0 Å². The Balaban J connectivity index is 1.41. The number of benzene rings is 3. The molecule has 0 spiro atoms. The number of carbonyl (C=O) groups excluding carboxylic acids is 3. The Hall–Kier alpha value is -3.93. The third-order valence-corrected chi connectivity index (χ3v) is 7.77. The minimum atomic E-state index is -1.19. The van der Waals surface area contributed by atoms with E-state index in [0.29, 0.717) is 6.54 Å². The average molecular weight is 496 g/mol. The normalized spacial score (nSPS) is 22.0. The number of hydrogen-bond acceptors (Lipinski definition) is 4. The van der Waals surface area contributed by atoms with Gasteiger partial charge in [-0.1, -0.05) is 72.8 Å². The van der Waals surface area contributed by atoms with Gasteiger partial charge in [-0.3, -0.25) is 19.3 Å². The fraction of sp³-hybridized carbons (Fsp3) is 0.323. The zero-order valence-electron chi connectivity index (χ0n) is 21.5. The molecule has 0 bridgehead atoms. The van der Waals surface area contributed by atoms with Gasteiger partial charge >= 0.3 is 0 Å². The van der Waals surface area contributed by atoms with Gasteiger partial charge in [0.25, 0.3) is 0 Å². The number of aryl methyl sites for hydroxylation is 1. The predicted molar refractivity (Wildman–Crippen MR) is 144 cm³/mol. The van der Waals surface area contributed by atoms with Gasteiger partial charge in [0.05, 0.1) is 12.0 Å². The molecule has 190 valence electrons. The van der Waals surface area contributed by atoms with Crippen molar-refractivity contribution in [2.75, 3.05) is 24.5 Å². The van der Waals surface area contributed by atoms with Crippen LogP contribution in [0.2, 0.25) is 0 Å². The SMILES string of the molecule is Cc1ccccc1C1(CC(=O)N2CCN(c3ccccc3)CC2C)CC(=O)N(Cc2ccccc2)C1=O. The van der Waals surface area contributed by atoms with Crippen LogP contribution in [0.15, 0.2) is 84.9 Å². The molecule has 6 heteroatoms. The summed E-state index contributed by atoms with van der Waals surface area (Å²) >= 11 is 0. The van der Waals surface area contributed by atoms with Gasteiger partial charge in [0, 0.05) is 44.2 Å². The Morgan fingerprint density at radius 3 is 2.22 bits per heavy atom. The van der Waals surface area contributed by atoms with Crippen LogP contribution >= 0.6 is 0 Å². The minimum absolute atomic E-state index is 0.00756. The van der Waals surface area contributed by atoms with E-state index in [0.717, 1.165) is 35.5 Å². The number of hydrogen-bond donors (Lipinski definition) is 0. The van der Waals surface area contributed by atoms with Crippen LogP contribution in [0, 0.1) is 6.92 Å². The summed E-state index contributed by atoms with van der Waals surface area (Å²) in [7, 11) is 0. The maximum Gasteiger partial charge on any atom is 0.241 e. The lowest BCUT2D eigenvalue weighted by molar-refractivity contribution is -0.144. The first-order valence-electron chi connectivity index (χ1n) is 12.9. The number of amides is 3. The summed E-state index contributed by atoms with van der Waals surface area (Å²) in [4.78, 5) is 46.7. The Morgan fingerprint density at radius 1 is 0.892 bits per heavy atom. The second-order valence-electron chi connectivity index (χ2n) is 10.2. The number of likely N-dealkylation sites (tertiary alicyclic amines) is 1. The van der Waals surface area contributed by atoms with Crippen LogP contribution in [0.5, 0.6) is 0 Å². The van der Waals surface area contributed by atoms with Crippen LogP contribution in [0.3, 0.4) is 0 Å². The van der Waals surface area contributed by atoms with E-state index >= 15 is 0 Å². The van der Waals surface area contributed by atoms with Crippen LogP contribution in [0.1, 0.15) is 36.5 Å². The van der Waals surface area contributed by atoms with Crippen molar-refractivity contribution >= 4 is 23.4 Å². The number of nitrogens with zero attached hydrogens (tertiary/aromatic N) is 3. The van der Waals surface area contributed by atoms with Crippen molar-refractivity contribution in [2.45, 2.75) is 44.7 Å². The standard InChI is InChI=1S/C31H33N3O3/c1-23-11-9-10-16-27(23)31(20-29(36)34(30(31)37)22-25-12-5-3-6-13-25)19-28(35)33-18-17-32(21-24(33)2)26-14-7-4-8-15-26/h3-16,24H,17-22H2,1-2H3. The molecular formula is C31H33N3O3. The molecule has 0 N–H and O–H groups in total. The van der Waals surface area contributed by atoms with E-state index in [2.05, 4.69) is 24.0 Å². The highest BCUT2D eigenvalue weighted by atomic mass is 16.2. The molecule has 6 nitrogen and oxygen atoms in total. The van der Waals surface area contributed by atoms with Gasteiger partial charge in [-0.15, -0.1) is 0 Å². The van der Waals surface area contributed by atoms with Gasteiger partial charge in [-0.25, -0.2) is 0 Å². The molecule has 0 aromatic heterocycles. The lowest BCUT2D eigenvalue weighted by atomic mass is 9.73. The third-order valence-electron chi connectivity index (χ3n) is 7.77. The van der Waals surface area contributed by atoms with E-state index in [1.807, 2.05) is 84.6 Å². The number of piperazine rings is 1. The van der Waals surface area contributed by atoms with Crippen LogP contribution in [0.4, 0.5) is 5.69 Å². The van der Waals surface area contributed by atoms with Gasteiger partial charge in [0.15, 0.2) is 0 Å². The number of imide groups is 1. The number of para-hydroxylation sites is 1. The third kappa shape index (κ3) is 4.76. The van der Waals surface area contributed by atoms with Gasteiger partial charge < -0.3 is 9.80 Å². The van der Waals surface area contributed by atoms with Crippen molar-refractivity contribution in [1.29, 1.82) is 0 Å². The highest BCUT2D eigenvalue weighted by molar-refractivity contribution is 6.11. The summed E-state index contributed by atoms with van der Waals surface area (Å²) in [5.41, 5.74) is 2.53. The van der Waals surface area contributed by atoms with E-state index < -0.39 is 5.41 Å². The second kappa shape index (κ2) is 10.2. The topological polar surface area (TPSA) is 60.9 Å². The molecule has 5 rings (SSSR count). The predicted octanol–water partition coefficient (Wildman–Crippen LogP) is 4.32. The molecule has 37 heavy (non-hydrogen) atoms. The van der Waals surface area contributed by atoms with Crippen molar-refractivity contribution in [3.05, 3.63) is 102 Å². The van der Waals surface area contributed by atoms with Crippen molar-refractivity contribution in [2.24, 2.45) is 0 Å². The number of anilines is 1. The Kier molecular flexibility index (Phi) is 6.83. The first kappa shape index (κ1) is 24.8. The van der Waals surface area contributed by atoms with Crippen LogP contribution in [0.25, 0.3) is 0 Å². The number of carbonyl (C=O) groups is 3. The van der Waals surface area contributed by atoms with Crippen LogP contribution in [-0.4, -0.2) is 53.2 Å². The molecule has 2 fully saturated rings. The monoisotopic (exact) mass is 495 g/mol. The summed E-state index contributed by atoms with van der Waals surface area (Å²) in [5.74, 6) is -0.586. The largest absolute Gasteiger partial charge is 0.368 e. The molecule has 3 amide bonds. The second-order valence-corrected chi connectivity index (χ2v) is 10.2. The first-order valence-corrected chi connectivity index (χ1v) is 12.9. The van der Waals surface area contributed by atoms with Gasteiger partial charge in [0.2, 0.25) is 17.7 Å². The first-order chi connectivity index (χ1) is 17.9. The molecular weight excluding hydrogens is 462 g/mol. The lowest BCUT2D eigenvalue weighted by Gasteiger charge is -2.42. The number of rotatable bonds is 6. The molecule has 2 unspecified atom stereocenters. The maximum atomic E-state index is 14.1. The highest BCUT2D eigenvalue weighted by Crippen LogP contribution is 2.42. The average Bonchev–Trinajstić information content (AvgIpc) is 3.14. The fourth-order valence-electron chi connectivity index (χ4n) is 5.84. The van der Waals surface area contributed by atoms with Gasteiger partial charge in [-0.05, 0) is 42.7 Å². The molecule has 0 radical (unpaired) electrons. The van der Waals surface area contributed by atoms with Crippen molar-refractivity contribution in [3.8, 4) is 0 Å². The molecule has 2 heterocycles. The summed E-state index contributed by atoms with van der Waals surface area (Å²) in [5, 5.41) is 0.